The van der Waals surface area contributed by atoms with Gasteiger partial charge in [0, 0.05) is 35.5 Å². The number of hydrogen-bond donors (Lipinski definition) is 1. The molecule has 1 aliphatic carbocycles. The van der Waals surface area contributed by atoms with E-state index in [1.165, 1.54) is 12.7 Å². The van der Waals surface area contributed by atoms with E-state index in [0.29, 0.717) is 18.3 Å². The molecule has 1 fully saturated rings. The highest BCUT2D eigenvalue weighted by molar-refractivity contribution is 5.69. The zero-order valence-electron chi connectivity index (χ0n) is 19.4. The first kappa shape index (κ1) is 22.1. The third-order valence-corrected chi connectivity index (χ3v) is 6.89. The van der Waals surface area contributed by atoms with Crippen LogP contribution >= 0.6 is 0 Å². The molecule has 34 heavy (non-hydrogen) atoms. The molecule has 0 spiro atoms. The van der Waals surface area contributed by atoms with Crippen LogP contribution in [0.2, 0.25) is 0 Å². The van der Waals surface area contributed by atoms with E-state index in [2.05, 4.69) is 47.4 Å². The molecule has 0 saturated heterocycles. The topological polar surface area (TPSA) is 67.9 Å². The van der Waals surface area contributed by atoms with Crippen molar-refractivity contribution in [3.63, 3.8) is 0 Å². The molecule has 0 radical (unpaired) electrons. The van der Waals surface area contributed by atoms with E-state index >= 15 is 0 Å². The summed E-state index contributed by atoms with van der Waals surface area (Å²) in [5.41, 5.74) is 6.42. The zero-order chi connectivity index (χ0) is 23.3. The van der Waals surface area contributed by atoms with Gasteiger partial charge in [-0.15, -0.1) is 0 Å². The number of aromatic nitrogens is 3. The Morgan fingerprint density at radius 3 is 2.26 bits per heavy atom. The minimum atomic E-state index is -0.0880. The summed E-state index contributed by atoms with van der Waals surface area (Å²) in [4.78, 5) is 24.2. The number of esters is 1. The van der Waals surface area contributed by atoms with Crippen molar-refractivity contribution < 1.29 is 9.53 Å². The maximum Gasteiger partial charge on any atom is 0.305 e. The van der Waals surface area contributed by atoms with Gasteiger partial charge in [0.05, 0.1) is 18.5 Å². The molecule has 4 aromatic rings. The van der Waals surface area contributed by atoms with Crippen molar-refractivity contribution in [2.24, 2.45) is 5.92 Å². The molecular formula is C29H29N3O2. The Labute approximate surface area is 200 Å². The number of carbonyl (C=O) groups is 1. The summed E-state index contributed by atoms with van der Waals surface area (Å²) in [5.74, 6) is 1.76. The molecule has 0 unspecified atom stereocenters. The van der Waals surface area contributed by atoms with Crippen molar-refractivity contribution in [1.29, 1.82) is 0 Å². The number of benzene rings is 2. The minimum absolute atomic E-state index is 0.0880. The van der Waals surface area contributed by atoms with Crippen molar-refractivity contribution in [3.8, 4) is 33.9 Å². The molecule has 0 atom stereocenters. The Balaban J connectivity index is 1.23. The van der Waals surface area contributed by atoms with Gasteiger partial charge >= 0.3 is 5.97 Å². The van der Waals surface area contributed by atoms with Crippen LogP contribution in [0.4, 0.5) is 0 Å². The largest absolute Gasteiger partial charge is 0.469 e. The van der Waals surface area contributed by atoms with Crippen molar-refractivity contribution in [2.45, 2.75) is 38.0 Å². The Hall–Kier alpha value is -3.73. The number of pyridine rings is 1. The highest BCUT2D eigenvalue weighted by atomic mass is 16.5. The lowest BCUT2D eigenvalue weighted by molar-refractivity contribution is -0.142. The molecule has 0 bridgehead atoms. The van der Waals surface area contributed by atoms with E-state index in [0.717, 1.165) is 59.6 Å². The normalized spacial score (nSPS) is 17.9. The first-order chi connectivity index (χ1) is 16.7. The number of ether oxygens (including phenoxy) is 1. The third kappa shape index (κ3) is 4.93. The molecular weight excluding hydrogens is 422 g/mol. The molecule has 2 aromatic carbocycles. The maximum atomic E-state index is 11.5. The van der Waals surface area contributed by atoms with E-state index in [4.69, 9.17) is 14.7 Å². The van der Waals surface area contributed by atoms with Crippen LogP contribution in [0.1, 0.15) is 43.6 Å². The SMILES string of the molecule is COC(=O)C[C@H]1CC[C@H](c2ccc(-c3ccc(-c4nc(-c5ccccc5)c[nH]4)cn3)cc2)CC1. The molecule has 2 heterocycles. The Bertz CT molecular complexity index is 1220. The molecule has 1 N–H and O–H groups in total. The van der Waals surface area contributed by atoms with Crippen molar-refractivity contribution in [2.75, 3.05) is 7.11 Å². The summed E-state index contributed by atoms with van der Waals surface area (Å²) >= 11 is 0. The van der Waals surface area contributed by atoms with Gasteiger partial charge in [0.25, 0.3) is 0 Å². The first-order valence-electron chi connectivity index (χ1n) is 11.9. The van der Waals surface area contributed by atoms with Gasteiger partial charge in [-0.3, -0.25) is 9.78 Å². The lowest BCUT2D eigenvalue weighted by Crippen LogP contribution is -2.17. The summed E-state index contributed by atoms with van der Waals surface area (Å²) in [6.07, 6.45) is 8.78. The fourth-order valence-corrected chi connectivity index (χ4v) is 4.88. The number of aromatic amines is 1. The standard InChI is InChI=1S/C29H29N3O2/c1-34-28(33)17-20-7-9-21(10-8-20)22-11-13-24(14-12-22)26-16-15-25(18-30-26)29-31-19-27(32-29)23-5-3-2-4-6-23/h2-6,11-16,18-21H,7-10,17H2,1H3,(H,31,32)/t20-,21-. The van der Waals surface area contributed by atoms with Crippen LogP contribution in [-0.2, 0) is 9.53 Å². The van der Waals surface area contributed by atoms with E-state index in [1.54, 1.807) is 0 Å². The van der Waals surface area contributed by atoms with Gasteiger partial charge in [-0.1, -0.05) is 54.6 Å². The van der Waals surface area contributed by atoms with Crippen LogP contribution in [0, 0.1) is 5.92 Å². The predicted molar refractivity (Wildman–Crippen MR) is 134 cm³/mol. The summed E-state index contributed by atoms with van der Waals surface area (Å²) in [5, 5.41) is 0. The summed E-state index contributed by atoms with van der Waals surface area (Å²) in [7, 11) is 1.47. The van der Waals surface area contributed by atoms with E-state index in [1.807, 2.05) is 36.7 Å². The second-order valence-electron chi connectivity index (χ2n) is 9.05. The number of rotatable bonds is 6. The lowest BCUT2D eigenvalue weighted by Gasteiger charge is -2.28. The van der Waals surface area contributed by atoms with E-state index in [9.17, 15) is 4.79 Å². The van der Waals surface area contributed by atoms with Crippen LogP contribution in [0.25, 0.3) is 33.9 Å². The van der Waals surface area contributed by atoms with Crippen LogP contribution in [0.5, 0.6) is 0 Å². The average molecular weight is 452 g/mol. The molecule has 1 aliphatic rings. The minimum Gasteiger partial charge on any atom is -0.469 e. The molecule has 5 heteroatoms. The molecule has 2 aromatic heterocycles. The number of hydrogen-bond acceptors (Lipinski definition) is 4. The molecule has 1 saturated carbocycles. The van der Waals surface area contributed by atoms with Crippen LogP contribution in [0.15, 0.2) is 79.1 Å². The molecule has 5 nitrogen and oxygen atoms in total. The van der Waals surface area contributed by atoms with Gasteiger partial charge < -0.3 is 9.72 Å². The fourth-order valence-electron chi connectivity index (χ4n) is 4.88. The quantitative estimate of drug-likeness (QED) is 0.334. The number of H-pyrrole nitrogens is 1. The second kappa shape index (κ2) is 10.0. The molecule has 0 amide bonds. The van der Waals surface area contributed by atoms with E-state index < -0.39 is 0 Å². The number of carbonyl (C=O) groups excluding carboxylic acids is 1. The van der Waals surface area contributed by atoms with Gasteiger partial charge in [-0.25, -0.2) is 4.98 Å². The van der Waals surface area contributed by atoms with Crippen LogP contribution in [-0.4, -0.2) is 28.0 Å². The van der Waals surface area contributed by atoms with Gasteiger partial charge in [-0.05, 0) is 55.2 Å². The Morgan fingerprint density at radius 2 is 1.59 bits per heavy atom. The fraction of sp³-hybridized carbons (Fsp3) is 0.276. The highest BCUT2D eigenvalue weighted by Crippen LogP contribution is 2.37. The molecule has 5 rings (SSSR count). The Morgan fingerprint density at radius 1 is 0.882 bits per heavy atom. The number of imidazole rings is 1. The first-order valence-corrected chi connectivity index (χ1v) is 11.9. The average Bonchev–Trinajstić information content (AvgIpc) is 3.40. The predicted octanol–water partition coefficient (Wildman–Crippen LogP) is 6.64. The van der Waals surface area contributed by atoms with Gasteiger partial charge in [0.15, 0.2) is 0 Å². The van der Waals surface area contributed by atoms with Crippen LogP contribution < -0.4 is 0 Å². The van der Waals surface area contributed by atoms with Crippen molar-refractivity contribution >= 4 is 5.97 Å². The zero-order valence-corrected chi connectivity index (χ0v) is 19.4. The van der Waals surface area contributed by atoms with Crippen LogP contribution in [0.3, 0.4) is 0 Å². The summed E-state index contributed by atoms with van der Waals surface area (Å²) in [6.45, 7) is 0. The monoisotopic (exact) mass is 451 g/mol. The number of nitrogens with one attached hydrogen (secondary N) is 1. The number of methoxy groups -OCH3 is 1. The lowest BCUT2D eigenvalue weighted by atomic mass is 9.77. The molecule has 172 valence electrons. The van der Waals surface area contributed by atoms with Gasteiger partial charge in [0.1, 0.15) is 5.82 Å². The highest BCUT2D eigenvalue weighted by Gasteiger charge is 2.24. The summed E-state index contributed by atoms with van der Waals surface area (Å²) < 4.78 is 4.82. The maximum absolute atomic E-state index is 11.5. The molecule has 0 aliphatic heterocycles. The Kier molecular flexibility index (Phi) is 6.52. The second-order valence-corrected chi connectivity index (χ2v) is 9.05. The van der Waals surface area contributed by atoms with E-state index in [-0.39, 0.29) is 5.97 Å². The summed E-state index contributed by atoms with van der Waals surface area (Å²) in [6, 6.07) is 23.0. The van der Waals surface area contributed by atoms with Crippen molar-refractivity contribution in [3.05, 3.63) is 84.7 Å². The third-order valence-electron chi connectivity index (χ3n) is 6.89. The van der Waals surface area contributed by atoms with Gasteiger partial charge in [0.2, 0.25) is 0 Å². The smallest absolute Gasteiger partial charge is 0.305 e. The number of nitrogens with zero attached hydrogens (tertiary/aromatic N) is 2. The van der Waals surface area contributed by atoms with Crippen molar-refractivity contribution in [1.82, 2.24) is 15.0 Å². The van der Waals surface area contributed by atoms with Gasteiger partial charge in [-0.2, -0.15) is 0 Å².